The van der Waals surface area contributed by atoms with Crippen LogP contribution in [-0.4, -0.2) is 99.3 Å². The monoisotopic (exact) mass is 558 g/mol. The lowest BCUT2D eigenvalue weighted by Crippen LogP contribution is -2.66. The third-order valence-electron chi connectivity index (χ3n) is 4.81. The molecule has 2 saturated heterocycles. The van der Waals surface area contributed by atoms with Gasteiger partial charge >= 0.3 is 38.6 Å². The van der Waals surface area contributed by atoms with Crippen LogP contribution >= 0.6 is 0 Å². The predicted molar refractivity (Wildman–Crippen MR) is 88.7 cm³/mol. The van der Waals surface area contributed by atoms with Gasteiger partial charge in [0.25, 0.3) is 10.0 Å². The second kappa shape index (κ2) is 8.66. The number of cyclic esters (lactones) is 1. The molecular weight excluding hydrogens is 545 g/mol. The number of carbonyl (C=O) groups excluding carboxylic acids is 1. The van der Waals surface area contributed by atoms with E-state index in [0.29, 0.717) is 0 Å². The molecule has 198 valence electrons. The van der Waals surface area contributed by atoms with Crippen molar-refractivity contribution in [3.05, 3.63) is 0 Å². The molecule has 1 unspecified atom stereocenters. The van der Waals surface area contributed by atoms with Gasteiger partial charge in [0.2, 0.25) is 0 Å². The minimum absolute atomic E-state index is 0.00449. The van der Waals surface area contributed by atoms with E-state index < -0.39 is 86.7 Å². The zero-order valence-corrected chi connectivity index (χ0v) is 17.9. The Hall–Kier alpha value is -1.87. The lowest BCUT2D eigenvalue weighted by atomic mass is 10.2. The molecule has 2 aliphatic heterocycles. The molecule has 0 radical (unpaired) electrons. The summed E-state index contributed by atoms with van der Waals surface area (Å²) in [5.41, 5.74) is -6.52. The number of rotatable bonds is 7. The van der Waals surface area contributed by atoms with Crippen LogP contribution in [0.1, 0.15) is 6.42 Å². The number of piperazine rings is 1. The molecule has 0 aromatic carbocycles. The Morgan fingerprint density at radius 2 is 1.44 bits per heavy atom. The molecule has 0 N–H and O–H groups in total. The van der Waals surface area contributed by atoms with E-state index in [-0.39, 0.29) is 17.3 Å². The predicted octanol–water partition coefficient (Wildman–Crippen LogP) is -0.279. The molecule has 0 aromatic rings. The van der Waals surface area contributed by atoms with Gasteiger partial charge in [-0.25, -0.2) is 8.42 Å². The fourth-order valence-corrected chi connectivity index (χ4v) is 4.79. The molecule has 0 aromatic heterocycles. The van der Waals surface area contributed by atoms with Crippen molar-refractivity contribution >= 4 is 31.9 Å². The Balaban J connectivity index is 2.32. The molecule has 0 amide bonds. The highest BCUT2D eigenvalue weighted by Gasteiger charge is 2.78. The van der Waals surface area contributed by atoms with Crippen molar-refractivity contribution in [1.29, 1.82) is 0 Å². The number of hydrogen-bond donors (Lipinski definition) is 0. The van der Waals surface area contributed by atoms with E-state index in [9.17, 15) is 66.3 Å². The number of esters is 1. The summed E-state index contributed by atoms with van der Waals surface area (Å²) in [4.78, 5) is 12.8. The van der Waals surface area contributed by atoms with Crippen LogP contribution in [-0.2, 0) is 29.6 Å². The molecule has 2 rings (SSSR count). The molecule has 21 heteroatoms. The Kier molecular flexibility index (Phi) is 7.22. The van der Waals surface area contributed by atoms with Crippen LogP contribution in [0.3, 0.4) is 0 Å². The third kappa shape index (κ3) is 4.53. The summed E-state index contributed by atoms with van der Waals surface area (Å²) in [5, 5.41) is 4.28. The molecule has 2 heterocycles. The van der Waals surface area contributed by atoms with Gasteiger partial charge in [-0.05, 0) is 0 Å². The molecule has 0 saturated carbocycles. The first-order chi connectivity index (χ1) is 15.1. The van der Waals surface area contributed by atoms with E-state index in [1.54, 1.807) is 0 Å². The van der Waals surface area contributed by atoms with Crippen LogP contribution in [0.5, 0.6) is 0 Å². The number of carbonyl (C=O) groups is 1. The summed E-state index contributed by atoms with van der Waals surface area (Å²) < 4.78 is 171. The van der Waals surface area contributed by atoms with Gasteiger partial charge in [-0.2, -0.15) is 56.6 Å². The fraction of sp³-hybridized carbons (Fsp3) is 0.846. The zero-order valence-electron chi connectivity index (χ0n) is 16.2. The third-order valence-corrected chi connectivity index (χ3v) is 7.75. The molecule has 34 heavy (non-hydrogen) atoms. The van der Waals surface area contributed by atoms with Crippen LogP contribution < -0.4 is 5.11 Å². The van der Waals surface area contributed by atoms with Crippen LogP contribution in [0, 0.1) is 0 Å². The van der Waals surface area contributed by atoms with Gasteiger partial charge in [0.05, 0.1) is 12.5 Å². The van der Waals surface area contributed by atoms with Crippen LogP contribution in [0.25, 0.3) is 0 Å². The molecule has 0 bridgehead atoms. The summed E-state index contributed by atoms with van der Waals surface area (Å²) in [6.07, 6.45) is 0.151. The van der Waals surface area contributed by atoms with Crippen molar-refractivity contribution < 1.29 is 71.0 Å². The van der Waals surface area contributed by atoms with Gasteiger partial charge in [-0.1, -0.05) is 0 Å². The van der Waals surface area contributed by atoms with Crippen LogP contribution in [0.2, 0.25) is 0 Å². The van der Waals surface area contributed by atoms with Gasteiger partial charge in [0.15, 0.2) is 0 Å². The van der Waals surface area contributed by atoms with Gasteiger partial charge in [-0.15, -0.1) is 0 Å². The van der Waals surface area contributed by atoms with E-state index in [1.807, 2.05) is 0 Å². The lowest BCUT2D eigenvalue weighted by Gasteiger charge is -2.40. The van der Waals surface area contributed by atoms with Gasteiger partial charge in [-0.3, -0.25) is 9.69 Å². The molecule has 10 nitrogen and oxygen atoms in total. The molecule has 0 spiro atoms. The van der Waals surface area contributed by atoms with Crippen molar-refractivity contribution in [3.63, 3.8) is 0 Å². The quantitative estimate of drug-likeness (QED) is 0.180. The van der Waals surface area contributed by atoms with Crippen molar-refractivity contribution in [2.45, 2.75) is 35.1 Å². The van der Waals surface area contributed by atoms with Crippen LogP contribution in [0.4, 0.5) is 39.5 Å². The number of alkyl halides is 9. The smallest absolute Gasteiger partial charge is 0.518 e. The number of sulfonamides is 2. The number of halogens is 9. The highest BCUT2D eigenvalue weighted by Crippen LogP contribution is 2.49. The van der Waals surface area contributed by atoms with E-state index in [2.05, 4.69) is 4.74 Å². The maximum Gasteiger partial charge on any atom is 0.518 e. The molecule has 0 aliphatic carbocycles. The van der Waals surface area contributed by atoms with Gasteiger partial charge in [0, 0.05) is 32.6 Å². The first-order valence-electron chi connectivity index (χ1n) is 8.74. The minimum atomic E-state index is -7.23. The molecule has 1 atom stereocenters. The first-order valence-corrected chi connectivity index (χ1v) is 11.6. The largest absolute Gasteiger partial charge is 0.857 e. The van der Waals surface area contributed by atoms with Crippen molar-refractivity contribution in [3.8, 4) is 0 Å². The van der Waals surface area contributed by atoms with Crippen LogP contribution in [0.15, 0.2) is 4.40 Å². The first kappa shape index (κ1) is 28.4. The van der Waals surface area contributed by atoms with Gasteiger partial charge in [0.1, 0.15) is 6.04 Å². The van der Waals surface area contributed by atoms with Crippen molar-refractivity contribution in [2.24, 2.45) is 4.40 Å². The van der Waals surface area contributed by atoms with Crippen molar-refractivity contribution in [2.75, 3.05) is 32.8 Å². The number of nitrogens with zero attached hydrogens (tertiary/aromatic N) is 3. The number of hydrogen-bond acceptors (Lipinski definition) is 8. The Bertz CT molecular complexity index is 1050. The highest BCUT2D eigenvalue weighted by molar-refractivity contribution is 7.91. The lowest BCUT2D eigenvalue weighted by molar-refractivity contribution is -0.304. The fourth-order valence-electron chi connectivity index (χ4n) is 2.93. The molecular formula is C13H13F9N3O7S2-. The minimum Gasteiger partial charge on any atom is -0.857 e. The average Bonchev–Trinajstić information content (AvgIpc) is 3.12. The normalized spacial score (nSPS) is 23.3. The molecule has 2 fully saturated rings. The summed E-state index contributed by atoms with van der Waals surface area (Å²) in [6.45, 7) is -2.97. The van der Waals surface area contributed by atoms with E-state index >= 15 is 0 Å². The van der Waals surface area contributed by atoms with E-state index in [4.69, 9.17) is 0 Å². The molecule has 2 aliphatic rings. The Labute approximate surface area is 185 Å². The topological polar surface area (TPSA) is 136 Å². The second-order valence-corrected chi connectivity index (χ2v) is 10.5. The van der Waals surface area contributed by atoms with E-state index in [1.165, 1.54) is 4.90 Å². The summed E-state index contributed by atoms with van der Waals surface area (Å²) in [6, 6.07) is -0.883. The summed E-state index contributed by atoms with van der Waals surface area (Å²) >= 11 is 0. The average molecular weight is 558 g/mol. The highest BCUT2D eigenvalue weighted by atomic mass is 32.2. The Morgan fingerprint density at radius 1 is 0.941 bits per heavy atom. The Morgan fingerprint density at radius 3 is 1.85 bits per heavy atom. The number of ether oxygens (including phenoxy) is 1. The van der Waals surface area contributed by atoms with E-state index in [0.717, 1.165) is 4.40 Å². The SMILES string of the molecule is O=C1OCCC1N1CCN(S(=O)(=O)C(F)(F)C(F)(F)C(F)(F)C([O-])=NS(=O)(=O)C(F)(F)F)CC1. The maximum absolute atomic E-state index is 14.2. The summed E-state index contributed by atoms with van der Waals surface area (Å²) in [5.74, 6) is -19.1. The zero-order chi connectivity index (χ0) is 26.5. The summed E-state index contributed by atoms with van der Waals surface area (Å²) in [7, 11) is -13.9. The second-order valence-electron chi connectivity index (χ2n) is 6.89. The van der Waals surface area contributed by atoms with Crippen molar-refractivity contribution in [1.82, 2.24) is 9.21 Å². The maximum atomic E-state index is 14.2. The van der Waals surface area contributed by atoms with Gasteiger partial charge < -0.3 is 9.84 Å². The standard InChI is InChI=1S/C13H14F9N3O7S2/c14-10(15,9(27)23-33(28,29)13(20,21)22)11(16,17)12(18,19)34(30,31)25-4-2-24(3-5-25)7-1-6-32-8(7)26/h7H,1-6H2,(H,23,27)/p-1.